The van der Waals surface area contributed by atoms with Crippen molar-refractivity contribution in [3.8, 4) is 0 Å². The first-order valence-electron chi connectivity index (χ1n) is 11.3. The number of hydrogen-bond acceptors (Lipinski definition) is 8. The van der Waals surface area contributed by atoms with Crippen LogP contribution in [0.4, 0.5) is 11.8 Å². The zero-order chi connectivity index (χ0) is 21.9. The van der Waals surface area contributed by atoms with E-state index in [1.807, 2.05) is 30.6 Å². The molecule has 5 rings (SSSR count). The van der Waals surface area contributed by atoms with Gasteiger partial charge in [0.2, 0.25) is 5.95 Å². The van der Waals surface area contributed by atoms with Gasteiger partial charge in [-0.05, 0) is 49.8 Å². The summed E-state index contributed by atoms with van der Waals surface area (Å²) in [6.07, 6.45) is 9.78. The Morgan fingerprint density at radius 1 is 1.03 bits per heavy atom. The van der Waals surface area contributed by atoms with Gasteiger partial charge in [0.05, 0.1) is 6.10 Å². The van der Waals surface area contributed by atoms with E-state index in [0.717, 1.165) is 74.1 Å². The van der Waals surface area contributed by atoms with E-state index in [4.69, 9.17) is 11.6 Å². The van der Waals surface area contributed by atoms with Crippen LogP contribution in [0.25, 0.3) is 10.9 Å². The van der Waals surface area contributed by atoms with E-state index >= 15 is 0 Å². The highest BCUT2D eigenvalue weighted by molar-refractivity contribution is 6.33. The molecule has 1 saturated heterocycles. The van der Waals surface area contributed by atoms with Crippen molar-refractivity contribution in [2.45, 2.75) is 44.4 Å². The van der Waals surface area contributed by atoms with Gasteiger partial charge in [-0.25, -0.2) is 19.9 Å². The molecule has 4 heterocycles. The molecular formula is C23H28ClN7O. The summed E-state index contributed by atoms with van der Waals surface area (Å²) in [4.78, 5) is 19.9. The molecule has 3 aromatic heterocycles. The van der Waals surface area contributed by atoms with Gasteiger partial charge in [0, 0.05) is 61.8 Å². The highest BCUT2D eigenvalue weighted by Gasteiger charge is 2.24. The molecule has 3 N–H and O–H groups in total. The third-order valence-electron chi connectivity index (χ3n) is 6.36. The van der Waals surface area contributed by atoms with Gasteiger partial charge in [-0.2, -0.15) is 0 Å². The number of likely N-dealkylation sites (tertiary alicyclic amines) is 1. The number of β-amino-alcohol motifs (C(OH)–C–C–N with tert-alkyl or cyclic N) is 1. The summed E-state index contributed by atoms with van der Waals surface area (Å²) in [5, 5.41) is 17.8. The summed E-state index contributed by atoms with van der Waals surface area (Å²) in [5.74, 6) is 2.15. The second-order valence-electron chi connectivity index (χ2n) is 8.88. The van der Waals surface area contributed by atoms with Crippen LogP contribution < -0.4 is 10.6 Å². The summed E-state index contributed by atoms with van der Waals surface area (Å²) >= 11 is 6.19. The third-order valence-corrected chi connectivity index (χ3v) is 6.64. The molecule has 0 spiro atoms. The van der Waals surface area contributed by atoms with Crippen LogP contribution in [-0.4, -0.2) is 61.7 Å². The standard InChI is InChI=1S/C23H28ClN7O/c24-22-21-17(7-8-25-22)3-6-20(30-21)29-18-4-1-15(2-5-18)9-26-23-27-10-16(11-28-23)12-31-13-19(32)14-31/h3,6-8,10-11,15,18-19,32H,1-2,4-5,9,12-14H2,(H,29,30)(H,26,27,28). The SMILES string of the molecule is OC1CN(Cc2cnc(NCC3CCC(Nc4ccc5ccnc(Cl)c5n4)CC3)nc2)C1. The molecule has 1 aliphatic heterocycles. The Labute approximate surface area is 192 Å². The zero-order valence-corrected chi connectivity index (χ0v) is 18.7. The molecule has 2 aliphatic rings. The molecule has 2 fully saturated rings. The normalized spacial score (nSPS) is 21.9. The highest BCUT2D eigenvalue weighted by Crippen LogP contribution is 2.28. The topological polar surface area (TPSA) is 99.1 Å². The van der Waals surface area contributed by atoms with Gasteiger partial charge < -0.3 is 15.7 Å². The fourth-order valence-corrected chi connectivity index (χ4v) is 4.72. The van der Waals surface area contributed by atoms with Crippen LogP contribution in [0.1, 0.15) is 31.2 Å². The van der Waals surface area contributed by atoms with E-state index in [-0.39, 0.29) is 6.10 Å². The minimum atomic E-state index is -0.179. The molecule has 0 bridgehead atoms. The van der Waals surface area contributed by atoms with Crippen LogP contribution in [-0.2, 0) is 6.54 Å². The molecule has 3 aromatic rings. The molecule has 32 heavy (non-hydrogen) atoms. The smallest absolute Gasteiger partial charge is 0.222 e. The van der Waals surface area contributed by atoms with Crippen molar-refractivity contribution in [2.75, 3.05) is 30.3 Å². The number of rotatable bonds is 7. The average molecular weight is 454 g/mol. The molecule has 0 aromatic carbocycles. The summed E-state index contributed by atoms with van der Waals surface area (Å²) in [5.41, 5.74) is 1.82. The molecule has 0 unspecified atom stereocenters. The maximum absolute atomic E-state index is 9.38. The lowest BCUT2D eigenvalue weighted by Gasteiger charge is -2.35. The molecule has 9 heteroatoms. The van der Waals surface area contributed by atoms with Crippen LogP contribution in [0.2, 0.25) is 5.15 Å². The second-order valence-corrected chi connectivity index (χ2v) is 9.23. The molecular weight excluding hydrogens is 426 g/mol. The quantitative estimate of drug-likeness (QED) is 0.468. The Balaban J connectivity index is 1.06. The predicted molar refractivity (Wildman–Crippen MR) is 126 cm³/mol. The van der Waals surface area contributed by atoms with Gasteiger partial charge in [-0.15, -0.1) is 0 Å². The lowest BCUT2D eigenvalue weighted by molar-refractivity contribution is -0.00297. The highest BCUT2D eigenvalue weighted by atomic mass is 35.5. The van der Waals surface area contributed by atoms with Crippen LogP contribution in [0.3, 0.4) is 0 Å². The summed E-state index contributed by atoms with van der Waals surface area (Å²) in [6, 6.07) is 6.39. The first-order chi connectivity index (χ1) is 15.6. The molecule has 0 radical (unpaired) electrons. The van der Waals surface area contributed by atoms with E-state index in [1.54, 1.807) is 6.20 Å². The van der Waals surface area contributed by atoms with Crippen molar-refractivity contribution >= 4 is 34.3 Å². The molecule has 8 nitrogen and oxygen atoms in total. The Kier molecular flexibility index (Phi) is 6.34. The Morgan fingerprint density at radius 2 is 1.81 bits per heavy atom. The van der Waals surface area contributed by atoms with Gasteiger partial charge in [-0.1, -0.05) is 11.6 Å². The summed E-state index contributed by atoms with van der Waals surface area (Å²) in [6.45, 7) is 3.15. The van der Waals surface area contributed by atoms with E-state index in [2.05, 4.69) is 35.5 Å². The number of nitrogens with one attached hydrogen (secondary N) is 2. The number of halogens is 1. The van der Waals surface area contributed by atoms with Crippen molar-refractivity contribution in [1.82, 2.24) is 24.8 Å². The van der Waals surface area contributed by atoms with E-state index in [0.29, 0.717) is 23.1 Å². The molecule has 0 amide bonds. The van der Waals surface area contributed by atoms with Crippen molar-refractivity contribution < 1.29 is 5.11 Å². The average Bonchev–Trinajstić information content (AvgIpc) is 2.79. The largest absolute Gasteiger partial charge is 0.390 e. The van der Waals surface area contributed by atoms with Gasteiger partial charge in [0.25, 0.3) is 0 Å². The number of aliphatic hydroxyl groups is 1. The van der Waals surface area contributed by atoms with E-state index in [1.165, 1.54) is 0 Å². The minimum Gasteiger partial charge on any atom is -0.390 e. The van der Waals surface area contributed by atoms with Gasteiger partial charge in [0.15, 0.2) is 5.15 Å². The molecule has 1 aliphatic carbocycles. The van der Waals surface area contributed by atoms with Crippen LogP contribution >= 0.6 is 11.6 Å². The fourth-order valence-electron chi connectivity index (χ4n) is 4.51. The van der Waals surface area contributed by atoms with Crippen molar-refractivity contribution in [1.29, 1.82) is 0 Å². The maximum atomic E-state index is 9.38. The summed E-state index contributed by atoms with van der Waals surface area (Å²) < 4.78 is 0. The molecule has 0 atom stereocenters. The first-order valence-corrected chi connectivity index (χ1v) is 11.6. The monoisotopic (exact) mass is 453 g/mol. The number of fused-ring (bicyclic) bond motifs is 1. The lowest BCUT2D eigenvalue weighted by Crippen LogP contribution is -2.49. The fraction of sp³-hybridized carbons (Fsp3) is 0.478. The first kappa shape index (κ1) is 21.3. The molecule has 1 saturated carbocycles. The number of aromatic nitrogens is 4. The minimum absolute atomic E-state index is 0.179. The Bertz CT molecular complexity index is 1050. The number of nitrogens with zero attached hydrogens (tertiary/aromatic N) is 5. The van der Waals surface area contributed by atoms with Crippen LogP contribution in [0.15, 0.2) is 36.8 Å². The number of anilines is 2. The number of pyridine rings is 2. The maximum Gasteiger partial charge on any atom is 0.222 e. The predicted octanol–water partition coefficient (Wildman–Crippen LogP) is 3.33. The third kappa shape index (κ3) is 5.09. The van der Waals surface area contributed by atoms with E-state index in [9.17, 15) is 5.11 Å². The van der Waals surface area contributed by atoms with Gasteiger partial charge in [0.1, 0.15) is 11.3 Å². The number of aliphatic hydroxyl groups excluding tert-OH is 1. The van der Waals surface area contributed by atoms with Crippen molar-refractivity contribution in [2.24, 2.45) is 5.92 Å². The Morgan fingerprint density at radius 3 is 2.56 bits per heavy atom. The molecule has 168 valence electrons. The van der Waals surface area contributed by atoms with Gasteiger partial charge >= 0.3 is 0 Å². The van der Waals surface area contributed by atoms with Crippen molar-refractivity contribution in [3.63, 3.8) is 0 Å². The van der Waals surface area contributed by atoms with E-state index < -0.39 is 0 Å². The number of hydrogen-bond donors (Lipinski definition) is 3. The second kappa shape index (κ2) is 9.52. The van der Waals surface area contributed by atoms with Crippen molar-refractivity contribution in [3.05, 3.63) is 47.5 Å². The van der Waals surface area contributed by atoms with Gasteiger partial charge in [-0.3, -0.25) is 4.90 Å². The lowest BCUT2D eigenvalue weighted by atomic mass is 9.86. The Hall–Kier alpha value is -2.55. The van der Waals surface area contributed by atoms with Crippen LogP contribution in [0.5, 0.6) is 0 Å². The van der Waals surface area contributed by atoms with Crippen LogP contribution in [0, 0.1) is 5.92 Å². The summed E-state index contributed by atoms with van der Waals surface area (Å²) in [7, 11) is 0. The zero-order valence-electron chi connectivity index (χ0n) is 17.9.